The molecule has 0 aromatic heterocycles. The molecule has 0 radical (unpaired) electrons. The first kappa shape index (κ1) is 12.0. The second-order valence-corrected chi connectivity index (χ2v) is 3.78. The highest BCUT2D eigenvalue weighted by Crippen LogP contribution is 2.14. The molecule has 2 amide bonds. The Labute approximate surface area is 105 Å². The molecule has 0 unspecified atom stereocenters. The molecule has 1 N–H and O–H groups in total. The van der Waals surface area contributed by atoms with E-state index >= 15 is 0 Å². The molecule has 0 aliphatic heterocycles. The number of nitrogens with one attached hydrogen (secondary N) is 1. The van der Waals surface area contributed by atoms with E-state index in [0.29, 0.717) is 5.69 Å². The molecule has 0 aliphatic carbocycles. The molecule has 2 rings (SSSR count). The maximum absolute atomic E-state index is 11.6. The minimum Gasteiger partial charge on any atom is -0.305 e. The fourth-order valence-corrected chi connectivity index (χ4v) is 1.45. The summed E-state index contributed by atoms with van der Waals surface area (Å²) < 4.78 is 0. The van der Waals surface area contributed by atoms with E-state index in [1.165, 1.54) is 0 Å². The summed E-state index contributed by atoms with van der Waals surface area (Å²) in [5.74, 6) is 0. The van der Waals surface area contributed by atoms with Crippen LogP contribution in [0.5, 0.6) is 0 Å². The summed E-state index contributed by atoms with van der Waals surface area (Å²) in [6, 6.07) is 16.2. The molecule has 18 heavy (non-hydrogen) atoms. The van der Waals surface area contributed by atoms with Crippen molar-refractivity contribution in [2.24, 2.45) is 10.2 Å². The van der Waals surface area contributed by atoms with Crippen molar-refractivity contribution in [2.75, 3.05) is 5.32 Å². The van der Waals surface area contributed by atoms with Crippen molar-refractivity contribution in [3.8, 4) is 0 Å². The molecule has 0 atom stereocenters. The highest BCUT2D eigenvalue weighted by atomic mass is 16.2. The van der Waals surface area contributed by atoms with Gasteiger partial charge in [-0.1, -0.05) is 41.5 Å². The number of azo groups is 1. The first-order valence-electron chi connectivity index (χ1n) is 5.59. The van der Waals surface area contributed by atoms with E-state index in [9.17, 15) is 4.79 Å². The van der Waals surface area contributed by atoms with E-state index in [0.717, 1.165) is 11.3 Å². The van der Waals surface area contributed by atoms with Crippen LogP contribution in [0.2, 0.25) is 0 Å². The summed E-state index contributed by atoms with van der Waals surface area (Å²) in [6.07, 6.45) is 0. The second-order valence-electron chi connectivity index (χ2n) is 3.78. The monoisotopic (exact) mass is 239 g/mol. The quantitative estimate of drug-likeness (QED) is 0.780. The lowest BCUT2D eigenvalue weighted by Gasteiger charge is -2.03. The molecular weight excluding hydrogens is 226 g/mol. The number of nitrogens with zero attached hydrogens (tertiary/aromatic N) is 2. The van der Waals surface area contributed by atoms with Crippen molar-refractivity contribution in [1.29, 1.82) is 0 Å². The number of amides is 2. The molecule has 0 aliphatic rings. The molecular formula is C14H13N3O. The second kappa shape index (κ2) is 5.72. The highest BCUT2D eigenvalue weighted by Gasteiger charge is 2.01. The number of hydrogen-bond acceptors (Lipinski definition) is 2. The highest BCUT2D eigenvalue weighted by molar-refractivity contribution is 5.90. The summed E-state index contributed by atoms with van der Waals surface area (Å²) in [4.78, 5) is 11.6. The van der Waals surface area contributed by atoms with Crippen LogP contribution in [0.4, 0.5) is 16.2 Å². The Hall–Kier alpha value is -2.49. The molecule has 0 heterocycles. The van der Waals surface area contributed by atoms with Crippen LogP contribution in [-0.2, 0) is 0 Å². The number of urea groups is 1. The van der Waals surface area contributed by atoms with Crippen LogP contribution in [0.15, 0.2) is 64.8 Å². The van der Waals surface area contributed by atoms with E-state index in [1.807, 2.05) is 49.4 Å². The number of carbonyl (C=O) groups excluding carboxylic acids is 1. The zero-order valence-corrected chi connectivity index (χ0v) is 10.00. The van der Waals surface area contributed by atoms with Gasteiger partial charge in [0.2, 0.25) is 0 Å². The van der Waals surface area contributed by atoms with E-state index in [1.54, 1.807) is 12.1 Å². The Balaban J connectivity index is 2.02. The summed E-state index contributed by atoms with van der Waals surface area (Å²) in [5, 5.41) is 10.1. The number of rotatable bonds is 2. The lowest BCUT2D eigenvalue weighted by Crippen LogP contribution is -2.06. The van der Waals surface area contributed by atoms with Crippen molar-refractivity contribution in [3.63, 3.8) is 0 Å². The standard InChI is InChI=1S/C14H13N3O/c1-11-7-5-6-10-13(11)15-14(18)17-16-12-8-3-2-4-9-12/h2-10H,1H3,(H,15,18). The average molecular weight is 239 g/mol. The van der Waals surface area contributed by atoms with Gasteiger partial charge in [-0.2, -0.15) is 0 Å². The summed E-state index contributed by atoms with van der Waals surface area (Å²) >= 11 is 0. The van der Waals surface area contributed by atoms with Crippen molar-refractivity contribution >= 4 is 17.4 Å². The SMILES string of the molecule is Cc1ccccc1NC(=O)N=Nc1ccccc1. The maximum Gasteiger partial charge on any atom is 0.364 e. The number of benzene rings is 2. The molecule has 2 aromatic rings. The van der Waals surface area contributed by atoms with Gasteiger partial charge in [0, 0.05) is 5.69 Å². The van der Waals surface area contributed by atoms with Gasteiger partial charge in [0.05, 0.1) is 5.69 Å². The van der Waals surface area contributed by atoms with Crippen LogP contribution in [0.25, 0.3) is 0 Å². The fourth-order valence-electron chi connectivity index (χ4n) is 1.45. The Bertz CT molecular complexity index is 564. The molecule has 0 spiro atoms. The van der Waals surface area contributed by atoms with Crippen molar-refractivity contribution in [1.82, 2.24) is 0 Å². The van der Waals surface area contributed by atoms with Gasteiger partial charge in [-0.3, -0.25) is 0 Å². The zero-order valence-electron chi connectivity index (χ0n) is 10.00. The Kier molecular flexibility index (Phi) is 3.81. The smallest absolute Gasteiger partial charge is 0.305 e. The lowest BCUT2D eigenvalue weighted by atomic mass is 10.2. The van der Waals surface area contributed by atoms with Gasteiger partial charge < -0.3 is 5.32 Å². The van der Waals surface area contributed by atoms with E-state index < -0.39 is 6.03 Å². The largest absolute Gasteiger partial charge is 0.364 e. The Morgan fingerprint density at radius 1 is 1.00 bits per heavy atom. The minimum atomic E-state index is -0.479. The first-order valence-corrected chi connectivity index (χ1v) is 5.59. The van der Waals surface area contributed by atoms with Crippen molar-refractivity contribution in [2.45, 2.75) is 6.92 Å². The van der Waals surface area contributed by atoms with Crippen molar-refractivity contribution in [3.05, 3.63) is 60.2 Å². The molecule has 0 fully saturated rings. The van der Waals surface area contributed by atoms with Gasteiger partial charge in [0.25, 0.3) is 0 Å². The van der Waals surface area contributed by atoms with Gasteiger partial charge in [0.1, 0.15) is 0 Å². The van der Waals surface area contributed by atoms with Crippen LogP contribution < -0.4 is 5.32 Å². The molecule has 2 aromatic carbocycles. The number of anilines is 1. The van der Waals surface area contributed by atoms with Gasteiger partial charge in [-0.05, 0) is 30.7 Å². The third-order valence-electron chi connectivity index (χ3n) is 2.40. The molecule has 4 nitrogen and oxygen atoms in total. The van der Waals surface area contributed by atoms with Crippen LogP contribution >= 0.6 is 0 Å². The number of carbonyl (C=O) groups is 1. The topological polar surface area (TPSA) is 53.8 Å². The van der Waals surface area contributed by atoms with Crippen molar-refractivity contribution < 1.29 is 4.79 Å². The predicted molar refractivity (Wildman–Crippen MR) is 71.2 cm³/mol. The number of hydrogen-bond donors (Lipinski definition) is 1. The normalized spacial score (nSPS) is 10.5. The minimum absolute atomic E-state index is 0.479. The average Bonchev–Trinajstić information content (AvgIpc) is 2.40. The van der Waals surface area contributed by atoms with E-state index in [2.05, 4.69) is 15.5 Å². The maximum atomic E-state index is 11.6. The van der Waals surface area contributed by atoms with Gasteiger partial charge in [0.15, 0.2) is 0 Å². The van der Waals surface area contributed by atoms with E-state index in [4.69, 9.17) is 0 Å². The molecule has 0 bridgehead atoms. The van der Waals surface area contributed by atoms with E-state index in [-0.39, 0.29) is 0 Å². The zero-order chi connectivity index (χ0) is 12.8. The number of aryl methyl sites for hydroxylation is 1. The number of para-hydroxylation sites is 1. The fraction of sp³-hybridized carbons (Fsp3) is 0.0714. The molecule has 90 valence electrons. The van der Waals surface area contributed by atoms with Crippen LogP contribution in [0, 0.1) is 6.92 Å². The summed E-state index contributed by atoms with van der Waals surface area (Å²) in [7, 11) is 0. The molecule has 0 saturated carbocycles. The third-order valence-corrected chi connectivity index (χ3v) is 2.40. The predicted octanol–water partition coefficient (Wildman–Crippen LogP) is 4.31. The molecule has 0 saturated heterocycles. The molecule has 4 heteroatoms. The van der Waals surface area contributed by atoms with Gasteiger partial charge in [-0.25, -0.2) is 4.79 Å². The summed E-state index contributed by atoms with van der Waals surface area (Å²) in [5.41, 5.74) is 2.38. The lowest BCUT2D eigenvalue weighted by molar-refractivity contribution is 0.258. The van der Waals surface area contributed by atoms with Crippen LogP contribution in [0.1, 0.15) is 5.56 Å². The Morgan fingerprint density at radius 2 is 1.67 bits per heavy atom. The van der Waals surface area contributed by atoms with Crippen LogP contribution in [-0.4, -0.2) is 6.03 Å². The summed E-state index contributed by atoms with van der Waals surface area (Å²) in [6.45, 7) is 1.92. The van der Waals surface area contributed by atoms with Gasteiger partial charge in [-0.15, -0.1) is 5.11 Å². The van der Waals surface area contributed by atoms with Gasteiger partial charge >= 0.3 is 6.03 Å². The van der Waals surface area contributed by atoms with Crippen LogP contribution in [0.3, 0.4) is 0 Å². The third kappa shape index (κ3) is 3.25. The first-order chi connectivity index (χ1) is 8.75. The Morgan fingerprint density at radius 3 is 2.39 bits per heavy atom.